The lowest BCUT2D eigenvalue weighted by molar-refractivity contribution is -0.139. The van der Waals surface area contributed by atoms with Crippen LogP contribution in [0, 0.1) is 5.92 Å². The molecule has 4 rings (SSSR count). The van der Waals surface area contributed by atoms with E-state index in [1.807, 2.05) is 4.90 Å². The molecule has 0 bridgehead atoms. The number of piperazine rings is 1. The number of likely N-dealkylation sites (tertiary alicyclic amines) is 2. The second kappa shape index (κ2) is 8.61. The Morgan fingerprint density at radius 3 is 2.43 bits per heavy atom. The largest absolute Gasteiger partial charge is 0.364 e. The highest BCUT2D eigenvalue weighted by atomic mass is 16.5. The van der Waals surface area contributed by atoms with E-state index in [1.54, 1.807) is 6.07 Å². The molecule has 0 N–H and O–H groups in total. The fraction of sp³-hybridized carbons (Fsp3) is 0.750. The van der Waals surface area contributed by atoms with Crippen molar-refractivity contribution in [1.29, 1.82) is 0 Å². The van der Waals surface area contributed by atoms with E-state index in [9.17, 15) is 9.59 Å². The molecule has 3 saturated heterocycles. The summed E-state index contributed by atoms with van der Waals surface area (Å²) in [6.45, 7) is 7.07. The topological polar surface area (TPSA) is 73.1 Å². The fourth-order valence-corrected chi connectivity index (χ4v) is 4.74. The van der Waals surface area contributed by atoms with Crippen LogP contribution in [0.5, 0.6) is 0 Å². The van der Waals surface area contributed by atoms with E-state index in [0.29, 0.717) is 17.6 Å². The van der Waals surface area contributed by atoms with Gasteiger partial charge in [0.05, 0.1) is 5.92 Å². The van der Waals surface area contributed by atoms with Gasteiger partial charge in [0, 0.05) is 57.9 Å². The molecule has 0 spiro atoms. The molecule has 28 heavy (non-hydrogen) atoms. The van der Waals surface area contributed by atoms with Gasteiger partial charge in [-0.3, -0.25) is 14.5 Å². The molecular weight excluding hydrogens is 358 g/mol. The molecule has 3 aliphatic heterocycles. The molecule has 4 heterocycles. The molecule has 3 fully saturated rings. The molecule has 2 amide bonds. The Hall–Kier alpha value is -1.93. The third kappa shape index (κ3) is 4.22. The smallest absolute Gasteiger partial charge is 0.276 e. The molecule has 3 aliphatic rings. The van der Waals surface area contributed by atoms with Crippen LogP contribution in [0.15, 0.2) is 16.9 Å². The first-order valence-electron chi connectivity index (χ1n) is 10.5. The first-order chi connectivity index (χ1) is 13.6. The van der Waals surface area contributed by atoms with Crippen molar-refractivity contribution in [2.75, 3.05) is 59.4 Å². The number of carbonyl (C=O) groups is 2. The Morgan fingerprint density at radius 1 is 1.00 bits per heavy atom. The summed E-state index contributed by atoms with van der Waals surface area (Å²) in [6.07, 6.45) is 5.44. The minimum atomic E-state index is -0.0473. The van der Waals surface area contributed by atoms with E-state index >= 15 is 0 Å². The first kappa shape index (κ1) is 19.4. The van der Waals surface area contributed by atoms with E-state index in [-0.39, 0.29) is 11.8 Å². The van der Waals surface area contributed by atoms with Crippen molar-refractivity contribution < 1.29 is 14.1 Å². The van der Waals surface area contributed by atoms with Crippen molar-refractivity contribution in [3.8, 4) is 0 Å². The second-order valence-electron chi connectivity index (χ2n) is 8.37. The van der Waals surface area contributed by atoms with Gasteiger partial charge in [0.1, 0.15) is 6.26 Å². The highest BCUT2D eigenvalue weighted by Gasteiger charge is 2.35. The maximum atomic E-state index is 13.0. The molecule has 1 aromatic heterocycles. The Balaban J connectivity index is 1.28. The van der Waals surface area contributed by atoms with Crippen LogP contribution in [0.2, 0.25) is 0 Å². The summed E-state index contributed by atoms with van der Waals surface area (Å²) in [6, 6.07) is 2.08. The third-order valence-electron chi connectivity index (χ3n) is 6.54. The molecule has 8 heteroatoms. The number of amides is 2. The zero-order valence-electron chi connectivity index (χ0n) is 16.8. The highest BCUT2D eigenvalue weighted by Crippen LogP contribution is 2.26. The van der Waals surface area contributed by atoms with Gasteiger partial charge in [-0.05, 0) is 39.3 Å². The maximum Gasteiger partial charge on any atom is 0.276 e. The van der Waals surface area contributed by atoms with Gasteiger partial charge in [0.15, 0.2) is 5.69 Å². The number of likely N-dealkylation sites (N-methyl/N-ethyl adjacent to an activating group) is 1. The molecule has 1 atom stereocenters. The van der Waals surface area contributed by atoms with Crippen LogP contribution in [0.1, 0.15) is 36.2 Å². The average molecular weight is 390 g/mol. The van der Waals surface area contributed by atoms with Crippen molar-refractivity contribution in [2.45, 2.75) is 31.7 Å². The lowest BCUT2D eigenvalue weighted by Crippen LogP contribution is -2.54. The molecule has 8 nitrogen and oxygen atoms in total. The van der Waals surface area contributed by atoms with Crippen molar-refractivity contribution >= 4 is 11.8 Å². The van der Waals surface area contributed by atoms with Gasteiger partial charge in [-0.25, -0.2) is 0 Å². The van der Waals surface area contributed by atoms with Crippen molar-refractivity contribution in [1.82, 2.24) is 24.8 Å². The van der Waals surface area contributed by atoms with Crippen LogP contribution >= 0.6 is 0 Å². The molecule has 154 valence electrons. The molecule has 1 aromatic rings. The highest BCUT2D eigenvalue weighted by molar-refractivity contribution is 5.92. The van der Waals surface area contributed by atoms with Gasteiger partial charge in [-0.2, -0.15) is 0 Å². The van der Waals surface area contributed by atoms with Gasteiger partial charge in [-0.1, -0.05) is 5.16 Å². The van der Waals surface area contributed by atoms with Gasteiger partial charge in [0.2, 0.25) is 5.91 Å². The van der Waals surface area contributed by atoms with Crippen molar-refractivity contribution in [2.24, 2.45) is 5.92 Å². The Morgan fingerprint density at radius 2 is 1.75 bits per heavy atom. The minimum absolute atomic E-state index is 0.0473. The Labute approximate surface area is 166 Å². The lowest BCUT2D eigenvalue weighted by Gasteiger charge is -2.43. The van der Waals surface area contributed by atoms with E-state index in [4.69, 9.17) is 4.52 Å². The van der Waals surface area contributed by atoms with Gasteiger partial charge >= 0.3 is 0 Å². The van der Waals surface area contributed by atoms with Crippen LogP contribution in [-0.2, 0) is 4.79 Å². The molecular formula is C20H31N5O3. The monoisotopic (exact) mass is 389 g/mol. The van der Waals surface area contributed by atoms with E-state index in [1.165, 1.54) is 6.26 Å². The second-order valence-corrected chi connectivity index (χ2v) is 8.37. The summed E-state index contributed by atoms with van der Waals surface area (Å²) in [5.74, 6) is 0.428. The average Bonchev–Trinajstić information content (AvgIpc) is 3.28. The van der Waals surface area contributed by atoms with E-state index in [0.717, 1.165) is 78.0 Å². The van der Waals surface area contributed by atoms with Crippen LogP contribution in [0.4, 0.5) is 0 Å². The third-order valence-corrected chi connectivity index (χ3v) is 6.54. The summed E-state index contributed by atoms with van der Waals surface area (Å²) in [5.41, 5.74) is 0.384. The number of aromatic nitrogens is 1. The zero-order valence-corrected chi connectivity index (χ0v) is 16.8. The van der Waals surface area contributed by atoms with Gasteiger partial charge in [0.25, 0.3) is 5.91 Å². The van der Waals surface area contributed by atoms with Crippen molar-refractivity contribution in [3.63, 3.8) is 0 Å². The molecule has 0 aromatic carbocycles. The van der Waals surface area contributed by atoms with Crippen molar-refractivity contribution in [3.05, 3.63) is 18.0 Å². The first-order valence-corrected chi connectivity index (χ1v) is 10.5. The standard InChI is InChI=1S/C20H31N5O3/c1-22-10-12-24(13-11-22)19(26)16-3-2-7-25(15-16)17-4-8-23(9-5-17)20(27)18-6-14-28-21-18/h6,14,16-17H,2-5,7-13,15H2,1H3/t16-/m1/s1. The summed E-state index contributed by atoms with van der Waals surface area (Å²) >= 11 is 0. The number of nitrogens with zero attached hydrogens (tertiary/aromatic N) is 5. The predicted molar refractivity (Wildman–Crippen MR) is 104 cm³/mol. The quantitative estimate of drug-likeness (QED) is 0.760. The predicted octanol–water partition coefficient (Wildman–Crippen LogP) is 0.765. The normalized spacial score (nSPS) is 25.8. The van der Waals surface area contributed by atoms with Gasteiger partial charge < -0.3 is 19.2 Å². The van der Waals surface area contributed by atoms with E-state index < -0.39 is 0 Å². The number of rotatable bonds is 3. The number of hydrogen-bond donors (Lipinski definition) is 0. The SMILES string of the molecule is CN1CCN(C(=O)[C@@H]2CCCN(C3CCN(C(=O)c4ccon4)CC3)C2)CC1. The fourth-order valence-electron chi connectivity index (χ4n) is 4.74. The molecule has 0 aliphatic carbocycles. The number of hydrogen-bond acceptors (Lipinski definition) is 6. The summed E-state index contributed by atoms with van der Waals surface area (Å²) in [7, 11) is 2.11. The molecule has 0 radical (unpaired) electrons. The summed E-state index contributed by atoms with van der Waals surface area (Å²) < 4.78 is 4.79. The van der Waals surface area contributed by atoms with E-state index in [2.05, 4.69) is 26.9 Å². The summed E-state index contributed by atoms with van der Waals surface area (Å²) in [4.78, 5) is 34.1. The van der Waals surface area contributed by atoms with Crippen LogP contribution in [0.3, 0.4) is 0 Å². The maximum absolute atomic E-state index is 13.0. The van der Waals surface area contributed by atoms with Crippen LogP contribution in [0.25, 0.3) is 0 Å². The summed E-state index contributed by atoms with van der Waals surface area (Å²) in [5, 5.41) is 3.76. The number of carbonyl (C=O) groups excluding carboxylic acids is 2. The van der Waals surface area contributed by atoms with Crippen LogP contribution < -0.4 is 0 Å². The Bertz CT molecular complexity index is 663. The van der Waals surface area contributed by atoms with Crippen LogP contribution in [-0.4, -0.2) is 102 Å². The molecule has 0 saturated carbocycles. The molecule has 0 unspecified atom stereocenters. The van der Waals surface area contributed by atoms with Gasteiger partial charge in [-0.15, -0.1) is 0 Å². The Kier molecular flexibility index (Phi) is 5.96. The minimum Gasteiger partial charge on any atom is -0.364 e. The number of piperidine rings is 2. The zero-order chi connectivity index (χ0) is 19.5. The lowest BCUT2D eigenvalue weighted by atomic mass is 9.92.